The number of methoxy groups -OCH3 is 1. The van der Waals surface area contributed by atoms with Crippen molar-refractivity contribution in [3.05, 3.63) is 42.2 Å². The number of hydrogen-bond acceptors (Lipinski definition) is 10. The molecular weight excluding hydrogens is 1000 g/mol. The molecule has 76 heavy (non-hydrogen) atoms. The number of carbonyl (C=O) groups excluding carboxylic acids is 2. The van der Waals surface area contributed by atoms with Gasteiger partial charge in [-0.2, -0.15) is 0 Å². The fourth-order valence-corrected chi connectivity index (χ4v) is 14.8. The van der Waals surface area contributed by atoms with Crippen LogP contribution in [0.5, 0.6) is 0 Å². The fourth-order valence-electron chi connectivity index (χ4n) is 10.9. The normalized spacial score (nSPS) is 30.4. The zero-order valence-electron chi connectivity index (χ0n) is 52.6. The molecule has 0 N–H and O–H groups in total. The smallest absolute Gasteiger partial charge is 0.193 e. The Balaban J connectivity index is 1.69. The van der Waals surface area contributed by atoms with Crippen LogP contribution in [0, 0.1) is 23.7 Å². The van der Waals surface area contributed by atoms with Crippen molar-refractivity contribution in [1.29, 1.82) is 0 Å². The fraction of sp³-hybridized carbons (Fsp3) is 0.857. The number of Topliss-reactive ketones (excluding diaryl/α,β-unsaturated/α-hetero) is 1. The summed E-state index contributed by atoms with van der Waals surface area (Å²) in [4.78, 5) is 28.6. The van der Waals surface area contributed by atoms with Gasteiger partial charge >= 0.3 is 0 Å². The summed E-state index contributed by atoms with van der Waals surface area (Å²) in [6.45, 7) is 55.6. The second kappa shape index (κ2) is 27.6. The molecule has 4 heterocycles. The molecule has 0 amide bonds. The van der Waals surface area contributed by atoms with Crippen LogP contribution >= 0.6 is 0 Å². The summed E-state index contributed by atoms with van der Waals surface area (Å²) in [6, 6.07) is 0. The largest absolute Gasteiger partial charge is 0.408 e. The van der Waals surface area contributed by atoms with Gasteiger partial charge in [-0.15, -0.1) is 5.73 Å². The third kappa shape index (κ3) is 18.3. The Kier molecular flexibility index (Phi) is 24.4. The number of ketones is 2. The first-order valence-corrected chi connectivity index (χ1v) is 38.6. The van der Waals surface area contributed by atoms with Gasteiger partial charge in [0, 0.05) is 32.3 Å². The Morgan fingerprint density at radius 3 is 1.91 bits per heavy atom. The first-order valence-electron chi connectivity index (χ1n) is 29.9. The summed E-state index contributed by atoms with van der Waals surface area (Å²) in [5.41, 5.74) is 5.34. The van der Waals surface area contributed by atoms with Crippen molar-refractivity contribution >= 4 is 36.5 Å². The maximum Gasteiger partial charge on any atom is 0.193 e. The quantitative estimate of drug-likeness (QED) is 0.0341. The van der Waals surface area contributed by atoms with Gasteiger partial charge in [-0.05, 0) is 154 Å². The van der Waals surface area contributed by atoms with Crippen LogP contribution in [-0.2, 0) is 46.6 Å². The molecule has 0 aromatic heterocycles. The average molecular weight is 1120 g/mol. The van der Waals surface area contributed by atoms with E-state index in [1.54, 1.807) is 13.2 Å². The molecule has 4 saturated heterocycles. The second-order valence-electron chi connectivity index (χ2n) is 29.2. The summed E-state index contributed by atoms with van der Waals surface area (Å²) in [5.74, 6) is 1.66. The number of ether oxygens (including phenoxy) is 5. The minimum atomic E-state index is -2.55. The third-order valence-corrected chi connectivity index (χ3v) is 32.5. The highest BCUT2D eigenvalue weighted by atomic mass is 28.4. The number of carbonyl (C=O) groups is 2. The van der Waals surface area contributed by atoms with E-state index in [0.717, 1.165) is 50.5 Å². The molecule has 438 valence electrons. The van der Waals surface area contributed by atoms with E-state index in [-0.39, 0.29) is 75.3 Å². The maximum absolute atomic E-state index is 14.5. The molecule has 10 nitrogen and oxygen atoms in total. The van der Waals surface area contributed by atoms with E-state index in [1.807, 2.05) is 6.08 Å². The standard InChI is InChI=1S/C63H114O10Si3/c1-25-42(5)36-44(7)27-32-51-45(8)38-48(67-51)30-28-46(64)29-33-53(71-74(19,20)61(9,10)11)58-60(73-76(23,24)63(15,16)17)59(72-75(21,22)62(12,13)14)57-52(70-58)34-31-49(68-57)39-47(65)40-50-54(35-41(3)4)69-55(56(50)66-18)37-43(6)26-2/h29,33,41,43-44,48-60H,1,8,26-28,30-32,34-40H2,2-7,9-24H3/b33-29+/t43-,44-,48?,49+,50-,51-,52-,53-,54-,55+,56+,57-,58-,59-,60+/m0/s1. The van der Waals surface area contributed by atoms with E-state index in [1.165, 1.54) is 5.57 Å². The topological polar surface area (TPSA) is 108 Å². The molecule has 4 aliphatic heterocycles. The van der Waals surface area contributed by atoms with Gasteiger partial charge in [-0.25, -0.2) is 0 Å². The summed E-state index contributed by atoms with van der Waals surface area (Å²) < 4.78 is 57.1. The average Bonchev–Trinajstić information content (AvgIpc) is 3.81. The molecule has 0 radical (unpaired) electrons. The minimum Gasteiger partial charge on any atom is -0.408 e. The van der Waals surface area contributed by atoms with Crippen LogP contribution in [-0.4, -0.2) is 117 Å². The van der Waals surface area contributed by atoms with Crippen molar-refractivity contribution in [1.82, 2.24) is 0 Å². The van der Waals surface area contributed by atoms with Crippen LogP contribution in [0.1, 0.15) is 187 Å². The van der Waals surface area contributed by atoms with Crippen LogP contribution in [0.25, 0.3) is 0 Å². The number of fused-ring (bicyclic) bond motifs is 1. The number of hydrogen-bond donors (Lipinski definition) is 0. The van der Waals surface area contributed by atoms with Crippen LogP contribution < -0.4 is 0 Å². The Hall–Kier alpha value is -1.33. The van der Waals surface area contributed by atoms with E-state index in [0.29, 0.717) is 56.3 Å². The molecule has 0 aromatic rings. The zero-order chi connectivity index (χ0) is 57.5. The molecule has 0 saturated carbocycles. The molecule has 15 atom stereocenters. The Morgan fingerprint density at radius 1 is 0.750 bits per heavy atom. The Bertz CT molecular complexity index is 1970. The SMILES string of the molecule is C=C=C(C)C[C@@H](C)CC[C@@H]1OC(CCC(=O)/C=C/[C@H](O[Si](C)(C)C(C)(C)C)[C@@H]2O[C@H]3CC[C@H](CC(=O)C[C@@H]4[C@@H](OC)[C@@H](C[C@@H](C)CC)O[C@H]4CC(C)C)O[C@@H]3[C@H](O[Si](C)(C)C(C)(C)C)[C@@H]2O[Si](C)(C)C(C)(C)C)CC1=C. The lowest BCUT2D eigenvalue weighted by Crippen LogP contribution is -2.69. The van der Waals surface area contributed by atoms with Gasteiger partial charge in [0.05, 0.1) is 48.8 Å². The monoisotopic (exact) mass is 1110 g/mol. The first-order chi connectivity index (χ1) is 34.9. The first kappa shape index (κ1) is 67.2. The van der Waals surface area contributed by atoms with Gasteiger partial charge in [0.2, 0.25) is 0 Å². The molecule has 0 aromatic carbocycles. The van der Waals surface area contributed by atoms with Gasteiger partial charge in [0.15, 0.2) is 30.7 Å². The molecule has 4 fully saturated rings. The third-order valence-electron chi connectivity index (χ3n) is 19.0. The van der Waals surface area contributed by atoms with Crippen molar-refractivity contribution in [2.45, 2.75) is 315 Å². The lowest BCUT2D eigenvalue weighted by Gasteiger charge is -2.56. The lowest BCUT2D eigenvalue weighted by atomic mass is 9.83. The minimum absolute atomic E-state index is 0.0126. The van der Waals surface area contributed by atoms with Gasteiger partial charge in [-0.3, -0.25) is 9.59 Å². The molecule has 13 heteroatoms. The maximum atomic E-state index is 14.5. The van der Waals surface area contributed by atoms with Gasteiger partial charge in [-0.1, -0.05) is 123 Å². The summed E-state index contributed by atoms with van der Waals surface area (Å²) >= 11 is 0. The van der Waals surface area contributed by atoms with Crippen LogP contribution in [0.3, 0.4) is 0 Å². The molecular formula is C63H114O10Si3. The molecule has 0 aliphatic carbocycles. The van der Waals surface area contributed by atoms with Crippen molar-refractivity contribution in [3.63, 3.8) is 0 Å². The van der Waals surface area contributed by atoms with Crippen molar-refractivity contribution in [2.75, 3.05) is 7.11 Å². The molecule has 4 rings (SSSR count). The van der Waals surface area contributed by atoms with E-state index < -0.39 is 55.5 Å². The lowest BCUT2D eigenvalue weighted by molar-refractivity contribution is -0.266. The highest BCUT2D eigenvalue weighted by Gasteiger charge is 2.58. The zero-order valence-corrected chi connectivity index (χ0v) is 55.6. The van der Waals surface area contributed by atoms with E-state index in [4.69, 9.17) is 37.0 Å². The predicted octanol–water partition coefficient (Wildman–Crippen LogP) is 15.9. The number of allylic oxidation sites excluding steroid dienone is 2. The van der Waals surface area contributed by atoms with E-state index in [9.17, 15) is 9.59 Å². The van der Waals surface area contributed by atoms with Crippen molar-refractivity contribution < 1.29 is 46.6 Å². The highest BCUT2D eigenvalue weighted by molar-refractivity contribution is 6.75. The summed E-state index contributed by atoms with van der Waals surface area (Å²) in [7, 11) is -5.79. The van der Waals surface area contributed by atoms with E-state index >= 15 is 0 Å². The van der Waals surface area contributed by atoms with Crippen LogP contribution in [0.2, 0.25) is 54.4 Å². The van der Waals surface area contributed by atoms with Crippen LogP contribution in [0.4, 0.5) is 0 Å². The van der Waals surface area contributed by atoms with E-state index in [2.05, 4.69) is 162 Å². The van der Waals surface area contributed by atoms with Crippen molar-refractivity contribution in [2.24, 2.45) is 23.7 Å². The molecule has 4 aliphatic rings. The highest BCUT2D eigenvalue weighted by Crippen LogP contribution is 2.48. The summed E-state index contributed by atoms with van der Waals surface area (Å²) in [5, 5.41) is -0.393. The summed E-state index contributed by atoms with van der Waals surface area (Å²) in [6.07, 6.45) is 9.73. The molecule has 0 spiro atoms. The number of rotatable bonds is 27. The van der Waals surface area contributed by atoms with Crippen molar-refractivity contribution in [3.8, 4) is 0 Å². The Morgan fingerprint density at radius 2 is 1.36 bits per heavy atom. The molecule has 1 unspecified atom stereocenters. The van der Waals surface area contributed by atoms with Gasteiger partial charge < -0.3 is 37.0 Å². The van der Waals surface area contributed by atoms with Crippen LogP contribution in [0.15, 0.2) is 42.2 Å². The second-order valence-corrected chi connectivity index (χ2v) is 43.5. The van der Waals surface area contributed by atoms with Gasteiger partial charge in [0.1, 0.15) is 30.2 Å². The predicted molar refractivity (Wildman–Crippen MR) is 321 cm³/mol. The Labute approximate surface area is 468 Å². The molecule has 0 bridgehead atoms. The van der Waals surface area contributed by atoms with Gasteiger partial charge in [0.25, 0.3) is 0 Å².